The molecule has 0 spiro atoms. The minimum Gasteiger partial charge on any atom is -0.445 e. The third-order valence-corrected chi connectivity index (χ3v) is 3.68. The highest BCUT2D eigenvalue weighted by Gasteiger charge is 2.43. The van der Waals surface area contributed by atoms with Crippen LogP contribution >= 0.6 is 0 Å². The van der Waals surface area contributed by atoms with Crippen molar-refractivity contribution in [3.8, 4) is 0 Å². The first-order chi connectivity index (χ1) is 12.3. The largest absolute Gasteiger partial charge is 0.468 e. The minimum absolute atomic E-state index is 0.578. The van der Waals surface area contributed by atoms with Gasteiger partial charge in [0.05, 0.1) is 0 Å². The summed E-state index contributed by atoms with van der Waals surface area (Å²) in [5, 5.41) is 0. The second-order valence-electron chi connectivity index (χ2n) is 5.36. The fourth-order valence-corrected chi connectivity index (χ4v) is 2.43. The van der Waals surface area contributed by atoms with Crippen LogP contribution in [0.1, 0.15) is 6.92 Å². The Morgan fingerprint density at radius 1 is 1.00 bits per heavy atom. The van der Waals surface area contributed by atoms with Gasteiger partial charge in [-0.1, -0.05) is 43.0 Å². The minimum atomic E-state index is -0.593. The van der Waals surface area contributed by atoms with E-state index in [0.717, 1.165) is 16.4 Å². The van der Waals surface area contributed by atoms with Gasteiger partial charge in [0.15, 0.2) is 0 Å². The van der Waals surface area contributed by atoms with Crippen molar-refractivity contribution in [2.45, 2.75) is 6.92 Å². The molecule has 122 valence electrons. The van der Waals surface area contributed by atoms with E-state index >= 15 is 0 Å². The highest BCUT2D eigenvalue weighted by Crippen LogP contribution is 2.16. The number of pyridine rings is 2. The van der Waals surface area contributed by atoms with E-state index in [1.807, 2.05) is 49.4 Å². The van der Waals surface area contributed by atoms with Crippen molar-refractivity contribution in [3.05, 3.63) is 85.4 Å². The molecule has 0 bridgehead atoms. The summed E-state index contributed by atoms with van der Waals surface area (Å²) in [6, 6.07) is 7.52. The summed E-state index contributed by atoms with van der Waals surface area (Å²) in [6.45, 7) is 5.63. The number of allylic oxidation sites excluding steroid dienone is 5. The van der Waals surface area contributed by atoms with Crippen LogP contribution in [-0.2, 0) is 13.7 Å². The molecule has 2 aromatic heterocycles. The lowest BCUT2D eigenvalue weighted by Crippen LogP contribution is -2.58. The average Bonchev–Trinajstić information content (AvgIpc) is 2.70. The van der Waals surface area contributed by atoms with E-state index in [0.29, 0.717) is 0 Å². The van der Waals surface area contributed by atoms with Crippen LogP contribution in [0.5, 0.6) is 0 Å². The van der Waals surface area contributed by atoms with E-state index < -0.39 is 21.4 Å². The zero-order chi connectivity index (χ0) is 17.5. The van der Waals surface area contributed by atoms with Gasteiger partial charge in [-0.2, -0.15) is 0 Å². The second kappa shape index (κ2) is 8.62. The molecule has 3 rings (SSSR count). The molecule has 0 amide bonds. The monoisotopic (exact) mass is 330 g/mol. The highest BCUT2D eigenvalue weighted by molar-refractivity contribution is 6.85. The van der Waals surface area contributed by atoms with Gasteiger partial charge in [0.2, 0.25) is 0 Å². The average molecular weight is 330 g/mol. The number of rotatable bonds is 5. The third-order valence-electron chi connectivity index (χ3n) is 3.68. The third kappa shape index (κ3) is 4.36. The lowest BCUT2D eigenvalue weighted by atomic mass is 9.61. The number of nitrogens with zero attached hydrogens (tertiary/aromatic N) is 2. The Labute approximate surface area is 148 Å². The van der Waals surface area contributed by atoms with Crippen LogP contribution in [0.3, 0.4) is 0 Å². The van der Waals surface area contributed by atoms with Gasteiger partial charge < -0.3 is 13.7 Å². The molecule has 1 saturated heterocycles. The van der Waals surface area contributed by atoms with E-state index in [1.165, 1.54) is 0 Å². The fourth-order valence-electron chi connectivity index (χ4n) is 2.43. The van der Waals surface area contributed by atoms with E-state index in [2.05, 4.69) is 16.5 Å². The van der Waals surface area contributed by atoms with Crippen LogP contribution in [0.4, 0.5) is 0 Å². The number of hydrogen-bond acceptors (Lipinski definition) is 5. The zero-order valence-electron chi connectivity index (χ0n) is 14.0. The van der Waals surface area contributed by atoms with Gasteiger partial charge in [0.1, 0.15) is 0 Å². The molecule has 2 aromatic rings. The molecule has 0 radical (unpaired) electrons. The normalized spacial score (nSPS) is 15.7. The topological polar surface area (TPSA) is 53.5 Å². The molecule has 1 aliphatic rings. The Kier molecular flexibility index (Phi) is 6.01. The molecule has 0 aliphatic carbocycles. The Morgan fingerprint density at radius 3 is 2.04 bits per heavy atom. The Morgan fingerprint density at radius 2 is 1.60 bits per heavy atom. The first-order valence-corrected chi connectivity index (χ1v) is 8.03. The maximum Gasteiger partial charge on any atom is 0.468 e. The molecule has 5 nitrogen and oxygen atoms in total. The van der Waals surface area contributed by atoms with Crippen molar-refractivity contribution in [3.63, 3.8) is 0 Å². The quantitative estimate of drug-likeness (QED) is 0.612. The van der Waals surface area contributed by atoms with Crippen LogP contribution in [0.2, 0.25) is 0 Å². The van der Waals surface area contributed by atoms with Crippen LogP contribution in [-0.4, -0.2) is 31.3 Å². The summed E-state index contributed by atoms with van der Waals surface area (Å²) in [4.78, 5) is 8.28. The van der Waals surface area contributed by atoms with Gasteiger partial charge in [-0.3, -0.25) is 9.97 Å². The molecule has 0 unspecified atom stereocenters. The maximum absolute atomic E-state index is 6.02. The zero-order valence-corrected chi connectivity index (χ0v) is 14.0. The Bertz CT molecular complexity index is 709. The van der Waals surface area contributed by atoms with Crippen LogP contribution in [0, 0.1) is 0 Å². The smallest absolute Gasteiger partial charge is 0.445 e. The van der Waals surface area contributed by atoms with Gasteiger partial charge >= 0.3 is 21.4 Å². The summed E-state index contributed by atoms with van der Waals surface area (Å²) in [6.07, 6.45) is 14.3. The first-order valence-electron chi connectivity index (χ1n) is 8.03. The van der Waals surface area contributed by atoms with Crippen molar-refractivity contribution >= 4 is 32.3 Å². The van der Waals surface area contributed by atoms with Crippen molar-refractivity contribution in [2.24, 2.45) is 0 Å². The molecule has 1 fully saturated rings. The van der Waals surface area contributed by atoms with Gasteiger partial charge in [-0.25, -0.2) is 0 Å². The van der Waals surface area contributed by atoms with Crippen molar-refractivity contribution < 1.29 is 13.7 Å². The molecule has 0 atom stereocenters. The lowest BCUT2D eigenvalue weighted by Gasteiger charge is -2.31. The van der Waals surface area contributed by atoms with Crippen LogP contribution in [0.25, 0.3) is 0 Å². The van der Waals surface area contributed by atoms with E-state index in [-0.39, 0.29) is 0 Å². The maximum atomic E-state index is 6.02. The van der Waals surface area contributed by atoms with Gasteiger partial charge in [0.25, 0.3) is 0 Å². The summed E-state index contributed by atoms with van der Waals surface area (Å²) < 4.78 is 18.0. The summed E-state index contributed by atoms with van der Waals surface area (Å²) in [5.74, 6) is 0. The second-order valence-corrected chi connectivity index (χ2v) is 5.36. The predicted octanol–water partition coefficient (Wildman–Crippen LogP) is 1.35. The summed E-state index contributed by atoms with van der Waals surface area (Å²) in [5.41, 5.74) is 2.53. The molecule has 3 heterocycles. The first kappa shape index (κ1) is 17.4. The van der Waals surface area contributed by atoms with Crippen molar-refractivity contribution in [2.75, 3.05) is 0 Å². The van der Waals surface area contributed by atoms with Crippen molar-refractivity contribution in [1.82, 2.24) is 9.97 Å². The SMILES string of the molecule is C=C/C=C\C(=C/C)B1OB(c2cccnc2)OB(c2cccnc2)O1. The fraction of sp³-hybridized carbons (Fsp3) is 0.0588. The summed E-state index contributed by atoms with van der Waals surface area (Å²) >= 11 is 0. The van der Waals surface area contributed by atoms with Gasteiger partial charge in [0, 0.05) is 24.8 Å². The molecule has 0 aromatic carbocycles. The molecule has 0 saturated carbocycles. The molecule has 25 heavy (non-hydrogen) atoms. The standard InChI is InChI=1S/C17H17B3N2O3/c1-3-5-8-15(4-2)18-23-19(16-9-6-11-21-13-16)25-20(24-18)17-10-7-12-22-14-17/h3-14H,1H2,2H3/b8-5-,15-4+. The van der Waals surface area contributed by atoms with Crippen molar-refractivity contribution in [1.29, 1.82) is 0 Å². The lowest BCUT2D eigenvalue weighted by molar-refractivity contribution is 0.305. The van der Waals surface area contributed by atoms with E-state index in [4.69, 9.17) is 13.7 Å². The Balaban J connectivity index is 1.90. The summed E-state index contributed by atoms with van der Waals surface area (Å²) in [7, 11) is -1.76. The number of hydrogen-bond donors (Lipinski definition) is 0. The van der Waals surface area contributed by atoms with Crippen LogP contribution in [0.15, 0.2) is 85.4 Å². The predicted molar refractivity (Wildman–Crippen MR) is 101 cm³/mol. The van der Waals surface area contributed by atoms with E-state index in [1.54, 1.807) is 30.9 Å². The van der Waals surface area contributed by atoms with Gasteiger partial charge in [-0.05, 0) is 35.5 Å². The molecular weight excluding hydrogens is 313 g/mol. The molecule has 0 N–H and O–H groups in total. The Hall–Kier alpha value is -2.41. The number of aromatic nitrogens is 2. The molecular formula is C17H17B3N2O3. The van der Waals surface area contributed by atoms with Gasteiger partial charge in [-0.15, -0.1) is 0 Å². The van der Waals surface area contributed by atoms with E-state index in [9.17, 15) is 0 Å². The van der Waals surface area contributed by atoms with Crippen LogP contribution < -0.4 is 10.9 Å². The molecule has 1 aliphatic heterocycles. The molecule has 8 heteroatoms. The highest BCUT2D eigenvalue weighted by atomic mass is 16.7.